The fourth-order valence-electron chi connectivity index (χ4n) is 5.40. The summed E-state index contributed by atoms with van der Waals surface area (Å²) in [7, 11) is 0. The number of nitrogens with zero attached hydrogens (tertiary/aromatic N) is 5. The highest BCUT2D eigenvalue weighted by Gasteiger charge is 2.28. The summed E-state index contributed by atoms with van der Waals surface area (Å²) in [6, 6.07) is 17.9. The highest BCUT2D eigenvalue weighted by molar-refractivity contribution is 7.98. The number of halogens is 1. The Morgan fingerprint density at radius 2 is 1.62 bits per heavy atom. The Labute approximate surface area is 257 Å². The molecule has 0 bridgehead atoms. The van der Waals surface area contributed by atoms with Crippen LogP contribution in [0.5, 0.6) is 0 Å². The number of aryl methyl sites for hydroxylation is 1. The number of hydrogen-bond acceptors (Lipinski definition) is 8. The Bertz CT molecular complexity index is 1370. The van der Waals surface area contributed by atoms with Gasteiger partial charge in [0.1, 0.15) is 5.82 Å². The summed E-state index contributed by atoms with van der Waals surface area (Å²) in [4.78, 5) is 41.2. The molecule has 42 heavy (non-hydrogen) atoms. The van der Waals surface area contributed by atoms with Crippen LogP contribution < -0.4 is 9.80 Å². The topological polar surface area (TPSA) is 78.9 Å². The normalized spacial score (nSPS) is 16.0. The summed E-state index contributed by atoms with van der Waals surface area (Å²) in [5.41, 5.74) is 3.89. The van der Waals surface area contributed by atoms with E-state index in [4.69, 9.17) is 26.3 Å². The van der Waals surface area contributed by atoms with Gasteiger partial charge in [-0.25, -0.2) is 9.97 Å². The van der Waals surface area contributed by atoms with Crippen molar-refractivity contribution in [1.82, 2.24) is 14.9 Å². The molecule has 2 aliphatic heterocycles. The lowest BCUT2D eigenvalue weighted by Crippen LogP contribution is -2.47. The van der Waals surface area contributed by atoms with Gasteiger partial charge in [-0.2, -0.15) is 0 Å². The van der Waals surface area contributed by atoms with Crippen molar-refractivity contribution in [1.29, 1.82) is 0 Å². The van der Waals surface area contributed by atoms with Gasteiger partial charge in [0.25, 0.3) is 5.91 Å². The van der Waals surface area contributed by atoms with E-state index >= 15 is 0 Å². The molecule has 2 fully saturated rings. The minimum atomic E-state index is -0.150. The molecule has 0 unspecified atom stereocenters. The fourth-order valence-corrected chi connectivity index (χ4v) is 6.49. The van der Waals surface area contributed by atoms with Gasteiger partial charge in [0.05, 0.1) is 23.2 Å². The zero-order valence-electron chi connectivity index (χ0n) is 24.3. The van der Waals surface area contributed by atoms with Gasteiger partial charge in [-0.05, 0) is 56.0 Å². The number of benzene rings is 2. The first kappa shape index (κ1) is 30.2. The second-order valence-corrected chi connectivity index (χ2v) is 11.9. The second kappa shape index (κ2) is 14.2. The zero-order valence-corrected chi connectivity index (χ0v) is 25.9. The Hall–Kier alpha value is -3.30. The van der Waals surface area contributed by atoms with Crippen LogP contribution in [0, 0.1) is 5.92 Å². The fraction of sp³-hybridized carbons (Fsp3) is 0.438. The van der Waals surface area contributed by atoms with E-state index < -0.39 is 0 Å². The summed E-state index contributed by atoms with van der Waals surface area (Å²) in [5, 5.41) is 1.55. The van der Waals surface area contributed by atoms with E-state index in [9.17, 15) is 9.59 Å². The number of thioether (sulfide) groups is 1. The van der Waals surface area contributed by atoms with Gasteiger partial charge in [-0.3, -0.25) is 9.59 Å². The average molecular weight is 608 g/mol. The molecular formula is C32H38ClN5O3S. The van der Waals surface area contributed by atoms with E-state index in [1.54, 1.807) is 11.8 Å². The maximum absolute atomic E-state index is 13.0. The summed E-state index contributed by atoms with van der Waals surface area (Å²) in [5.74, 6) is 1.43. The molecule has 0 atom stereocenters. The standard InChI is InChI=1S/C32H38ClN5O3S/c1-3-26-21-29(37-19-17-36(18-20-37)28-8-6-5-7-27(28)33)35-32(34-26)42-22-23-9-11-24(12-10-23)30(39)38-15-13-25(14-16-38)31(40)41-4-2/h5-12,21,25H,3-4,13-20,22H2,1-2H3. The van der Waals surface area contributed by atoms with Crippen LogP contribution >= 0.6 is 23.4 Å². The van der Waals surface area contributed by atoms with Crippen molar-refractivity contribution in [3.63, 3.8) is 0 Å². The molecule has 0 aliphatic carbocycles. The van der Waals surface area contributed by atoms with Crippen LogP contribution in [-0.4, -0.2) is 72.6 Å². The number of rotatable bonds is 9. The van der Waals surface area contributed by atoms with Crippen LogP contribution in [-0.2, 0) is 21.7 Å². The molecular weight excluding hydrogens is 570 g/mol. The number of anilines is 2. The van der Waals surface area contributed by atoms with Crippen LogP contribution in [0.3, 0.4) is 0 Å². The largest absolute Gasteiger partial charge is 0.466 e. The predicted molar refractivity (Wildman–Crippen MR) is 169 cm³/mol. The van der Waals surface area contributed by atoms with Gasteiger partial charge in [0.2, 0.25) is 0 Å². The van der Waals surface area contributed by atoms with Crippen molar-refractivity contribution >= 4 is 46.7 Å². The number of hydrogen-bond donors (Lipinski definition) is 0. The molecule has 5 rings (SSSR count). The quantitative estimate of drug-likeness (QED) is 0.173. The molecule has 222 valence electrons. The lowest BCUT2D eigenvalue weighted by molar-refractivity contribution is -0.149. The molecule has 0 saturated carbocycles. The third-order valence-corrected chi connectivity index (χ3v) is 9.11. The first-order valence-electron chi connectivity index (χ1n) is 14.7. The lowest BCUT2D eigenvalue weighted by atomic mass is 9.96. The Balaban J connectivity index is 1.16. The third-order valence-electron chi connectivity index (χ3n) is 7.88. The number of ether oxygens (including phenoxy) is 1. The van der Waals surface area contributed by atoms with Crippen molar-refractivity contribution in [3.8, 4) is 0 Å². The van der Waals surface area contributed by atoms with Crippen molar-refractivity contribution in [2.45, 2.75) is 44.0 Å². The molecule has 2 saturated heterocycles. The number of piperazine rings is 1. The lowest BCUT2D eigenvalue weighted by Gasteiger charge is -2.37. The molecule has 1 aromatic heterocycles. The Morgan fingerprint density at radius 1 is 0.929 bits per heavy atom. The van der Waals surface area contributed by atoms with Crippen LogP contribution in [0.1, 0.15) is 48.3 Å². The van der Waals surface area contributed by atoms with Gasteiger partial charge < -0.3 is 19.4 Å². The van der Waals surface area contributed by atoms with Crippen LogP contribution in [0.2, 0.25) is 5.02 Å². The SMILES string of the molecule is CCOC(=O)C1CCN(C(=O)c2ccc(CSc3nc(CC)cc(N4CCN(c5ccccc5Cl)CC4)n3)cc2)CC1. The number of carbonyl (C=O) groups is 2. The maximum atomic E-state index is 13.0. The molecule has 8 nitrogen and oxygen atoms in total. The van der Waals surface area contributed by atoms with E-state index in [1.807, 2.05) is 54.3 Å². The Kier molecular flexibility index (Phi) is 10.2. The van der Waals surface area contributed by atoms with Gasteiger partial charge in [-0.15, -0.1) is 0 Å². The third kappa shape index (κ3) is 7.36. The molecule has 3 aromatic rings. The summed E-state index contributed by atoms with van der Waals surface area (Å²) in [6.45, 7) is 8.96. The molecule has 2 aromatic carbocycles. The number of para-hydroxylation sites is 1. The smallest absolute Gasteiger partial charge is 0.309 e. The molecule has 0 N–H and O–H groups in total. The van der Waals surface area contributed by atoms with Gasteiger partial charge >= 0.3 is 5.97 Å². The van der Waals surface area contributed by atoms with Crippen molar-refractivity contribution in [2.24, 2.45) is 5.92 Å². The van der Waals surface area contributed by atoms with Crippen LogP contribution in [0.15, 0.2) is 59.8 Å². The molecule has 3 heterocycles. The number of aromatic nitrogens is 2. The zero-order chi connectivity index (χ0) is 29.5. The minimum absolute atomic E-state index is 0.00904. The highest BCUT2D eigenvalue weighted by Crippen LogP contribution is 2.28. The van der Waals surface area contributed by atoms with Crippen LogP contribution in [0.25, 0.3) is 0 Å². The summed E-state index contributed by atoms with van der Waals surface area (Å²) < 4.78 is 5.14. The van der Waals surface area contributed by atoms with Gasteiger partial charge in [0.15, 0.2) is 5.16 Å². The minimum Gasteiger partial charge on any atom is -0.466 e. The van der Waals surface area contributed by atoms with E-state index in [2.05, 4.69) is 28.9 Å². The Morgan fingerprint density at radius 3 is 2.29 bits per heavy atom. The maximum Gasteiger partial charge on any atom is 0.309 e. The molecule has 0 radical (unpaired) electrons. The number of carbonyl (C=O) groups excluding carboxylic acids is 2. The molecule has 10 heteroatoms. The summed E-state index contributed by atoms with van der Waals surface area (Å²) in [6.07, 6.45) is 2.14. The van der Waals surface area contributed by atoms with E-state index in [-0.39, 0.29) is 17.8 Å². The number of amides is 1. The first-order chi connectivity index (χ1) is 20.4. The number of likely N-dealkylation sites (tertiary alicyclic amines) is 1. The average Bonchev–Trinajstić information content (AvgIpc) is 3.04. The van der Waals surface area contributed by atoms with Gasteiger partial charge in [-0.1, -0.05) is 54.6 Å². The van der Waals surface area contributed by atoms with E-state index in [0.717, 1.165) is 65.5 Å². The van der Waals surface area contributed by atoms with E-state index in [1.165, 1.54) is 0 Å². The summed E-state index contributed by atoms with van der Waals surface area (Å²) >= 11 is 8.04. The van der Waals surface area contributed by atoms with Crippen LogP contribution in [0.4, 0.5) is 11.5 Å². The van der Waals surface area contributed by atoms with Crippen molar-refractivity contribution in [2.75, 3.05) is 55.7 Å². The molecule has 0 spiro atoms. The predicted octanol–water partition coefficient (Wildman–Crippen LogP) is 5.73. The van der Waals surface area contributed by atoms with Crippen molar-refractivity contribution < 1.29 is 14.3 Å². The molecule has 2 aliphatic rings. The first-order valence-corrected chi connectivity index (χ1v) is 16.1. The second-order valence-electron chi connectivity index (χ2n) is 10.6. The van der Waals surface area contributed by atoms with Gasteiger partial charge in [0, 0.05) is 62.3 Å². The highest BCUT2D eigenvalue weighted by atomic mass is 35.5. The van der Waals surface area contributed by atoms with E-state index in [0.29, 0.717) is 43.9 Å². The van der Waals surface area contributed by atoms with Crippen molar-refractivity contribution in [3.05, 3.63) is 76.4 Å². The number of esters is 1. The monoisotopic (exact) mass is 607 g/mol. The molecule has 1 amide bonds. The number of piperidine rings is 1.